The Balaban J connectivity index is 3.07. The molecule has 0 aromatic carbocycles. The first-order valence-electron chi connectivity index (χ1n) is 2.87. The summed E-state index contributed by atoms with van der Waals surface area (Å²) in [7, 11) is 2.56. The number of carbonyl (C=O) groups excluding carboxylic acids is 1. The van der Waals surface area contributed by atoms with Crippen molar-refractivity contribution in [3.63, 3.8) is 0 Å². The summed E-state index contributed by atoms with van der Waals surface area (Å²) in [6, 6.07) is 0. The standard InChI is InChI=1S/C5H10NO2P/c7-5(6-8)3-1-2-4-9/h1-4,9H2. The number of hydrogen-bond acceptors (Lipinski definition) is 2. The third-order valence-electron chi connectivity index (χ3n) is 0.947. The lowest BCUT2D eigenvalue weighted by Crippen LogP contribution is -1.90. The van der Waals surface area contributed by atoms with Crippen LogP contribution in [0.3, 0.4) is 0 Å². The summed E-state index contributed by atoms with van der Waals surface area (Å²) in [6.07, 6.45) is 3.02. The number of hydrogen-bond donors (Lipinski definition) is 0. The van der Waals surface area contributed by atoms with E-state index in [2.05, 4.69) is 14.4 Å². The molecule has 1 amide bonds. The summed E-state index contributed by atoms with van der Waals surface area (Å²) in [6.45, 7) is 0. The Morgan fingerprint density at radius 1 is 1.44 bits per heavy atom. The number of nitrogens with zero attached hydrogens (tertiary/aromatic N) is 1. The molecule has 0 N–H and O–H groups in total. The van der Waals surface area contributed by atoms with Crippen molar-refractivity contribution in [2.24, 2.45) is 5.18 Å². The molecule has 0 radical (unpaired) electrons. The van der Waals surface area contributed by atoms with E-state index in [0.717, 1.165) is 19.0 Å². The first-order chi connectivity index (χ1) is 4.31. The van der Waals surface area contributed by atoms with Crippen molar-refractivity contribution >= 4 is 15.1 Å². The Labute approximate surface area is 56.4 Å². The third kappa shape index (κ3) is 5.57. The molecule has 4 heteroatoms. The van der Waals surface area contributed by atoms with Gasteiger partial charge in [0.05, 0.1) is 0 Å². The largest absolute Gasteiger partial charge is 0.286 e. The number of amides is 1. The van der Waals surface area contributed by atoms with E-state index in [1.165, 1.54) is 0 Å². The Morgan fingerprint density at radius 3 is 2.56 bits per heavy atom. The maximum Gasteiger partial charge on any atom is 0.286 e. The van der Waals surface area contributed by atoms with Gasteiger partial charge in [-0.2, -0.15) is 0 Å². The van der Waals surface area contributed by atoms with Crippen molar-refractivity contribution < 1.29 is 4.79 Å². The number of carbonyl (C=O) groups is 1. The van der Waals surface area contributed by atoms with E-state index in [9.17, 15) is 9.70 Å². The normalized spacial score (nSPS) is 9.00. The fourth-order valence-corrected chi connectivity index (χ4v) is 0.755. The topological polar surface area (TPSA) is 46.5 Å². The maximum atomic E-state index is 10.2. The Morgan fingerprint density at radius 2 is 2.11 bits per heavy atom. The molecule has 0 saturated carbocycles. The number of rotatable bonds is 4. The van der Waals surface area contributed by atoms with Crippen LogP contribution in [0, 0.1) is 4.91 Å². The van der Waals surface area contributed by atoms with Crippen LogP contribution in [0.5, 0.6) is 0 Å². The van der Waals surface area contributed by atoms with Gasteiger partial charge in [-0.25, -0.2) is 0 Å². The molecule has 0 aliphatic rings. The van der Waals surface area contributed by atoms with E-state index in [1.807, 2.05) is 0 Å². The Hall–Kier alpha value is -0.300. The lowest BCUT2D eigenvalue weighted by atomic mass is 10.2. The van der Waals surface area contributed by atoms with E-state index >= 15 is 0 Å². The van der Waals surface area contributed by atoms with E-state index in [4.69, 9.17) is 0 Å². The second kappa shape index (κ2) is 5.83. The van der Waals surface area contributed by atoms with E-state index < -0.39 is 5.91 Å². The van der Waals surface area contributed by atoms with Gasteiger partial charge < -0.3 is 0 Å². The molecule has 0 saturated heterocycles. The summed E-state index contributed by atoms with van der Waals surface area (Å²) in [5.74, 6) is -0.534. The molecule has 0 spiro atoms. The molecule has 3 nitrogen and oxygen atoms in total. The van der Waals surface area contributed by atoms with Crippen molar-refractivity contribution in [1.29, 1.82) is 0 Å². The molecule has 1 unspecified atom stereocenters. The van der Waals surface area contributed by atoms with Crippen molar-refractivity contribution in [1.82, 2.24) is 0 Å². The minimum absolute atomic E-state index is 0.303. The number of nitroso groups, excluding NO2 is 1. The van der Waals surface area contributed by atoms with Gasteiger partial charge in [0.25, 0.3) is 5.91 Å². The van der Waals surface area contributed by atoms with Gasteiger partial charge >= 0.3 is 0 Å². The zero-order valence-electron chi connectivity index (χ0n) is 5.17. The average molecular weight is 147 g/mol. The second-order valence-electron chi connectivity index (χ2n) is 1.73. The predicted octanol–water partition coefficient (Wildman–Crippen LogP) is 1.32. The van der Waals surface area contributed by atoms with Gasteiger partial charge in [-0.1, -0.05) is 0 Å². The minimum Gasteiger partial charge on any atom is -0.269 e. The molecular weight excluding hydrogens is 137 g/mol. The highest BCUT2D eigenvalue weighted by Crippen LogP contribution is 1.99. The fourth-order valence-electron chi connectivity index (χ4n) is 0.466. The second-order valence-corrected chi connectivity index (χ2v) is 2.31. The van der Waals surface area contributed by atoms with Crippen LogP contribution in [0.4, 0.5) is 0 Å². The SMILES string of the molecule is O=NC(=O)CCCCP. The monoisotopic (exact) mass is 147 g/mol. The molecule has 0 rings (SSSR count). The zero-order valence-corrected chi connectivity index (χ0v) is 6.32. The van der Waals surface area contributed by atoms with Crippen molar-refractivity contribution in [3.05, 3.63) is 4.91 Å². The number of unbranched alkanes of at least 4 members (excludes halogenated alkanes) is 1. The molecule has 52 valence electrons. The van der Waals surface area contributed by atoms with Gasteiger partial charge in [0.1, 0.15) is 0 Å². The minimum atomic E-state index is -0.534. The molecule has 0 aliphatic heterocycles. The van der Waals surface area contributed by atoms with Crippen molar-refractivity contribution in [3.8, 4) is 0 Å². The molecule has 0 aromatic heterocycles. The van der Waals surface area contributed by atoms with E-state index in [-0.39, 0.29) is 0 Å². The van der Waals surface area contributed by atoms with Crippen molar-refractivity contribution in [2.75, 3.05) is 6.16 Å². The molecular formula is C5H10NO2P. The van der Waals surface area contributed by atoms with Crippen LogP contribution in [0.2, 0.25) is 0 Å². The van der Waals surface area contributed by atoms with Gasteiger partial charge in [-0.15, -0.1) is 14.1 Å². The average Bonchev–Trinajstić information content (AvgIpc) is 1.89. The van der Waals surface area contributed by atoms with E-state index in [0.29, 0.717) is 6.42 Å². The molecule has 0 aromatic rings. The van der Waals surface area contributed by atoms with Crippen LogP contribution >= 0.6 is 9.24 Å². The summed E-state index contributed by atoms with van der Waals surface area (Å²) in [5, 5.41) is 2.26. The Kier molecular flexibility index (Phi) is 5.64. The molecule has 1 atom stereocenters. The van der Waals surface area contributed by atoms with Crippen molar-refractivity contribution in [2.45, 2.75) is 19.3 Å². The summed E-state index contributed by atoms with van der Waals surface area (Å²) < 4.78 is 0. The molecule has 0 aliphatic carbocycles. The first-order valence-corrected chi connectivity index (χ1v) is 3.69. The van der Waals surface area contributed by atoms with E-state index in [1.54, 1.807) is 0 Å². The molecule has 0 fully saturated rings. The quantitative estimate of drug-likeness (QED) is 0.342. The third-order valence-corrected chi connectivity index (χ3v) is 1.35. The highest BCUT2D eigenvalue weighted by Gasteiger charge is 1.97. The lowest BCUT2D eigenvalue weighted by molar-refractivity contribution is -0.118. The van der Waals surface area contributed by atoms with Crippen LogP contribution in [0.1, 0.15) is 19.3 Å². The molecule has 0 bridgehead atoms. The maximum absolute atomic E-state index is 10.2. The van der Waals surface area contributed by atoms with Gasteiger partial charge in [-0.05, 0) is 19.0 Å². The predicted molar refractivity (Wildman–Crippen MR) is 39.2 cm³/mol. The molecule has 9 heavy (non-hydrogen) atoms. The zero-order chi connectivity index (χ0) is 7.11. The smallest absolute Gasteiger partial charge is 0.269 e. The van der Waals surface area contributed by atoms with Gasteiger partial charge in [0, 0.05) is 11.6 Å². The molecule has 0 heterocycles. The van der Waals surface area contributed by atoms with Crippen LogP contribution in [0.25, 0.3) is 0 Å². The van der Waals surface area contributed by atoms with Gasteiger partial charge in [0.2, 0.25) is 0 Å². The van der Waals surface area contributed by atoms with Crippen LogP contribution in [-0.4, -0.2) is 12.1 Å². The Bertz CT molecular complexity index is 105. The summed E-state index contributed by atoms with van der Waals surface area (Å²) in [4.78, 5) is 19.7. The summed E-state index contributed by atoms with van der Waals surface area (Å²) in [5.41, 5.74) is 0. The first kappa shape index (κ1) is 8.70. The lowest BCUT2D eigenvalue weighted by Gasteiger charge is -1.89. The van der Waals surface area contributed by atoms with Crippen LogP contribution in [-0.2, 0) is 4.79 Å². The highest BCUT2D eigenvalue weighted by molar-refractivity contribution is 7.16. The highest BCUT2D eigenvalue weighted by atomic mass is 31.0. The van der Waals surface area contributed by atoms with Gasteiger partial charge in [-0.3, -0.25) is 4.79 Å². The van der Waals surface area contributed by atoms with Gasteiger partial charge in [0.15, 0.2) is 0 Å². The van der Waals surface area contributed by atoms with Crippen LogP contribution in [0.15, 0.2) is 5.18 Å². The summed E-state index contributed by atoms with van der Waals surface area (Å²) >= 11 is 0. The van der Waals surface area contributed by atoms with Crippen LogP contribution < -0.4 is 0 Å². The fraction of sp³-hybridized carbons (Fsp3) is 0.800.